The molecule has 0 aromatic heterocycles. The first kappa shape index (κ1) is 17.7. The number of piperidine rings is 1. The van der Waals surface area contributed by atoms with Crippen LogP contribution < -0.4 is 15.4 Å². The zero-order valence-corrected chi connectivity index (χ0v) is 14.8. The predicted octanol–water partition coefficient (Wildman–Crippen LogP) is 1.17. The highest BCUT2D eigenvalue weighted by Crippen LogP contribution is 2.36. The minimum atomic E-state index is -0.525. The number of nitrogens with one attached hydrogen (secondary N) is 2. The van der Waals surface area contributed by atoms with Crippen molar-refractivity contribution in [1.82, 2.24) is 15.5 Å². The molecule has 1 unspecified atom stereocenters. The van der Waals surface area contributed by atoms with Crippen LogP contribution in [0, 0.1) is 5.41 Å². The highest BCUT2D eigenvalue weighted by atomic mass is 16.5. The Labute approximate surface area is 148 Å². The van der Waals surface area contributed by atoms with E-state index in [0.29, 0.717) is 11.2 Å². The Bertz CT molecular complexity index is 589. The second kappa shape index (κ2) is 7.87. The van der Waals surface area contributed by atoms with Gasteiger partial charge >= 0.3 is 0 Å². The Balaban J connectivity index is 1.42. The highest BCUT2D eigenvalue weighted by molar-refractivity contribution is 5.87. The summed E-state index contributed by atoms with van der Waals surface area (Å²) in [5, 5.41) is 6.17. The second-order valence-electron chi connectivity index (χ2n) is 7.14. The number of nitrogens with zero attached hydrogens (tertiary/aromatic N) is 1. The zero-order valence-electron chi connectivity index (χ0n) is 14.8. The van der Waals surface area contributed by atoms with Crippen LogP contribution in [0.4, 0.5) is 0 Å². The molecular formula is C19H27N3O3. The first-order chi connectivity index (χ1) is 12.1. The number of hydrogen-bond acceptors (Lipinski definition) is 4. The molecule has 1 aromatic carbocycles. The first-order valence-electron chi connectivity index (χ1n) is 9.05. The van der Waals surface area contributed by atoms with Gasteiger partial charge in [0.15, 0.2) is 6.61 Å². The van der Waals surface area contributed by atoms with E-state index in [0.717, 1.165) is 39.0 Å². The number of para-hydroxylation sites is 1. The van der Waals surface area contributed by atoms with E-state index in [1.807, 2.05) is 23.1 Å². The molecule has 6 heteroatoms. The fourth-order valence-corrected chi connectivity index (χ4v) is 3.71. The molecule has 0 radical (unpaired) electrons. The number of likely N-dealkylation sites (tertiary alicyclic amines) is 1. The molecule has 3 rings (SSSR count). The number of hydrogen-bond donors (Lipinski definition) is 2. The van der Waals surface area contributed by atoms with E-state index < -0.39 is 6.04 Å². The molecule has 2 heterocycles. The van der Waals surface area contributed by atoms with Gasteiger partial charge in [0.2, 0.25) is 5.91 Å². The molecular weight excluding hydrogens is 318 g/mol. The van der Waals surface area contributed by atoms with E-state index in [2.05, 4.69) is 10.6 Å². The van der Waals surface area contributed by atoms with Crippen LogP contribution in [0.5, 0.6) is 5.75 Å². The molecule has 136 valence electrons. The van der Waals surface area contributed by atoms with Gasteiger partial charge in [-0.15, -0.1) is 0 Å². The Morgan fingerprint density at radius 1 is 1.24 bits per heavy atom. The molecule has 2 aliphatic rings. The Kier molecular flexibility index (Phi) is 5.58. The number of carbonyl (C=O) groups is 2. The van der Waals surface area contributed by atoms with Crippen LogP contribution in [-0.2, 0) is 9.59 Å². The summed E-state index contributed by atoms with van der Waals surface area (Å²) < 4.78 is 5.41. The maximum absolute atomic E-state index is 12.6. The number of amides is 2. The lowest BCUT2D eigenvalue weighted by Gasteiger charge is -2.39. The van der Waals surface area contributed by atoms with Crippen molar-refractivity contribution in [3.05, 3.63) is 30.3 Å². The minimum absolute atomic E-state index is 0.00568. The molecule has 2 aliphatic heterocycles. The molecule has 2 saturated heterocycles. The Morgan fingerprint density at radius 3 is 2.60 bits per heavy atom. The van der Waals surface area contributed by atoms with E-state index in [4.69, 9.17) is 4.74 Å². The second-order valence-corrected chi connectivity index (χ2v) is 7.14. The molecule has 2 N–H and O–H groups in total. The molecule has 1 spiro atoms. The van der Waals surface area contributed by atoms with E-state index >= 15 is 0 Å². The summed E-state index contributed by atoms with van der Waals surface area (Å²) in [5.74, 6) is 0.357. The molecule has 1 atom stereocenters. The summed E-state index contributed by atoms with van der Waals surface area (Å²) in [7, 11) is 0. The number of carbonyl (C=O) groups excluding carboxylic acids is 2. The molecule has 0 aliphatic carbocycles. The molecule has 0 bridgehead atoms. The van der Waals surface area contributed by atoms with Crippen molar-refractivity contribution in [2.24, 2.45) is 5.41 Å². The Hall–Kier alpha value is -2.08. The zero-order chi connectivity index (χ0) is 17.7. The summed E-state index contributed by atoms with van der Waals surface area (Å²) in [6, 6.07) is 8.65. The summed E-state index contributed by atoms with van der Waals surface area (Å²) in [4.78, 5) is 26.5. The van der Waals surface area contributed by atoms with Gasteiger partial charge in [-0.25, -0.2) is 0 Å². The average molecular weight is 345 g/mol. The van der Waals surface area contributed by atoms with Gasteiger partial charge in [-0.05, 0) is 50.3 Å². The number of benzene rings is 1. The van der Waals surface area contributed by atoms with Crippen LogP contribution in [0.15, 0.2) is 30.3 Å². The van der Waals surface area contributed by atoms with Crippen molar-refractivity contribution in [3.63, 3.8) is 0 Å². The van der Waals surface area contributed by atoms with E-state index in [9.17, 15) is 9.59 Å². The van der Waals surface area contributed by atoms with Gasteiger partial charge < -0.3 is 20.3 Å². The molecule has 2 amide bonds. The summed E-state index contributed by atoms with van der Waals surface area (Å²) >= 11 is 0. The number of ether oxygens (including phenoxy) is 1. The quantitative estimate of drug-likeness (QED) is 0.840. The summed E-state index contributed by atoms with van der Waals surface area (Å²) in [5.41, 5.74) is 0.382. The van der Waals surface area contributed by atoms with Crippen LogP contribution in [0.3, 0.4) is 0 Å². The molecule has 6 nitrogen and oxygen atoms in total. The largest absolute Gasteiger partial charge is 0.484 e. The first-order valence-corrected chi connectivity index (χ1v) is 9.05. The summed E-state index contributed by atoms with van der Waals surface area (Å²) in [6.07, 6.45) is 3.30. The lowest BCUT2D eigenvalue weighted by atomic mass is 9.78. The standard InChI is InChI=1S/C19H27N3O3/c1-15(21-17(23)13-25-16-5-3-2-4-6-16)18(24)22-11-8-19(9-12-22)7-10-20-14-19/h2-6,15,20H,7-14H2,1H3,(H,21,23). The molecule has 1 aromatic rings. The maximum Gasteiger partial charge on any atom is 0.258 e. The third kappa shape index (κ3) is 4.51. The van der Waals surface area contributed by atoms with Crippen molar-refractivity contribution in [2.45, 2.75) is 32.2 Å². The van der Waals surface area contributed by atoms with Crippen molar-refractivity contribution in [2.75, 3.05) is 32.8 Å². The lowest BCUT2D eigenvalue weighted by Crippen LogP contribution is -2.51. The third-order valence-corrected chi connectivity index (χ3v) is 5.33. The minimum Gasteiger partial charge on any atom is -0.484 e. The van der Waals surface area contributed by atoms with Gasteiger partial charge in [0.25, 0.3) is 5.91 Å². The number of rotatable bonds is 5. The van der Waals surface area contributed by atoms with Crippen LogP contribution >= 0.6 is 0 Å². The van der Waals surface area contributed by atoms with Gasteiger partial charge in [0, 0.05) is 19.6 Å². The van der Waals surface area contributed by atoms with Crippen molar-refractivity contribution < 1.29 is 14.3 Å². The van der Waals surface area contributed by atoms with Crippen molar-refractivity contribution >= 4 is 11.8 Å². The van der Waals surface area contributed by atoms with Gasteiger partial charge in [-0.3, -0.25) is 9.59 Å². The van der Waals surface area contributed by atoms with E-state index in [1.165, 1.54) is 6.42 Å². The van der Waals surface area contributed by atoms with Crippen LogP contribution in [-0.4, -0.2) is 55.5 Å². The van der Waals surface area contributed by atoms with Crippen LogP contribution in [0.1, 0.15) is 26.2 Å². The SMILES string of the molecule is CC(NC(=O)COc1ccccc1)C(=O)N1CCC2(CCNC2)CC1. The fourth-order valence-electron chi connectivity index (χ4n) is 3.71. The predicted molar refractivity (Wildman–Crippen MR) is 95.3 cm³/mol. The van der Waals surface area contributed by atoms with E-state index in [-0.39, 0.29) is 18.4 Å². The van der Waals surface area contributed by atoms with Crippen molar-refractivity contribution in [3.8, 4) is 5.75 Å². The van der Waals surface area contributed by atoms with Crippen molar-refractivity contribution in [1.29, 1.82) is 0 Å². The van der Waals surface area contributed by atoms with Gasteiger partial charge in [-0.1, -0.05) is 18.2 Å². The summed E-state index contributed by atoms with van der Waals surface area (Å²) in [6.45, 7) is 5.36. The van der Waals surface area contributed by atoms with Gasteiger partial charge in [0.1, 0.15) is 11.8 Å². The maximum atomic E-state index is 12.6. The Morgan fingerprint density at radius 2 is 1.96 bits per heavy atom. The third-order valence-electron chi connectivity index (χ3n) is 5.33. The normalized spacial score (nSPS) is 20.3. The molecule has 0 saturated carbocycles. The average Bonchev–Trinajstić information content (AvgIpc) is 3.09. The smallest absolute Gasteiger partial charge is 0.258 e. The highest BCUT2D eigenvalue weighted by Gasteiger charge is 2.38. The van der Waals surface area contributed by atoms with E-state index in [1.54, 1.807) is 19.1 Å². The monoisotopic (exact) mass is 345 g/mol. The molecule has 2 fully saturated rings. The lowest BCUT2D eigenvalue weighted by molar-refractivity contribution is -0.138. The fraction of sp³-hybridized carbons (Fsp3) is 0.579. The topological polar surface area (TPSA) is 70.7 Å². The van der Waals surface area contributed by atoms with Crippen LogP contribution in [0.2, 0.25) is 0 Å². The van der Waals surface area contributed by atoms with Gasteiger partial charge in [0.05, 0.1) is 0 Å². The van der Waals surface area contributed by atoms with Crippen LogP contribution in [0.25, 0.3) is 0 Å². The molecule has 25 heavy (non-hydrogen) atoms. The van der Waals surface area contributed by atoms with Gasteiger partial charge in [-0.2, -0.15) is 0 Å².